The molecule has 3 aromatic rings. The second-order valence-corrected chi connectivity index (χ2v) is 9.17. The normalized spacial score (nSPS) is 12.3. The molecule has 2 heterocycles. The van der Waals surface area contributed by atoms with Crippen LogP contribution in [0, 0.1) is 0 Å². The van der Waals surface area contributed by atoms with E-state index in [0.29, 0.717) is 31.8 Å². The van der Waals surface area contributed by atoms with Crippen LogP contribution in [0.5, 0.6) is 5.88 Å². The fourth-order valence-corrected chi connectivity index (χ4v) is 3.60. The first-order valence-corrected chi connectivity index (χ1v) is 11.8. The van der Waals surface area contributed by atoms with Crippen LogP contribution in [0.1, 0.15) is 56.2 Å². The maximum absolute atomic E-state index is 12.6. The molecule has 36 heavy (non-hydrogen) atoms. The number of rotatable bonds is 13. The predicted molar refractivity (Wildman–Crippen MR) is 131 cm³/mol. The van der Waals surface area contributed by atoms with E-state index in [1.54, 1.807) is 18.5 Å². The Morgan fingerprint density at radius 3 is 2.61 bits per heavy atom. The van der Waals surface area contributed by atoms with Gasteiger partial charge in [0.15, 0.2) is 5.82 Å². The predicted octanol–water partition coefficient (Wildman–Crippen LogP) is 0.0616. The number of nitrogens with one attached hydrogen (secondary N) is 4. The summed E-state index contributed by atoms with van der Waals surface area (Å²) < 4.78 is 1.61. The molecule has 0 radical (unpaired) electrons. The van der Waals surface area contributed by atoms with Gasteiger partial charge in [0.05, 0.1) is 23.7 Å². The number of nitrogens with zero attached hydrogens (tertiary/aromatic N) is 4. The number of aromatic hydroxyl groups is 1. The molecule has 13 nitrogen and oxygen atoms in total. The first-order chi connectivity index (χ1) is 17.1. The minimum absolute atomic E-state index is 0.122. The number of hydrogen-bond donors (Lipinski definition) is 6. The smallest absolute Gasteiger partial charge is 0.325 e. The number of carbonyl (C=O) groups excluding carboxylic acids is 2. The van der Waals surface area contributed by atoms with Gasteiger partial charge in [-0.05, 0) is 55.5 Å². The molecule has 0 saturated heterocycles. The van der Waals surface area contributed by atoms with Crippen LogP contribution in [-0.2, 0) is 29.0 Å². The number of imidazole rings is 1. The molecule has 0 fully saturated rings. The van der Waals surface area contributed by atoms with Gasteiger partial charge in [-0.1, -0.05) is 30.3 Å². The second kappa shape index (κ2) is 12.1. The summed E-state index contributed by atoms with van der Waals surface area (Å²) >= 11 is 0. The number of H-pyrrole nitrogens is 2. The van der Waals surface area contributed by atoms with Crippen molar-refractivity contribution in [1.82, 2.24) is 40.8 Å². The Labute approximate surface area is 207 Å². The van der Waals surface area contributed by atoms with Crippen LogP contribution in [0.3, 0.4) is 0 Å². The van der Waals surface area contributed by atoms with E-state index in [4.69, 9.17) is 5.73 Å². The Kier molecular flexibility index (Phi) is 8.95. The summed E-state index contributed by atoms with van der Waals surface area (Å²) in [6, 6.07) is 9.64. The summed E-state index contributed by atoms with van der Waals surface area (Å²) in [7, 11) is 0. The number of tetrazole rings is 1. The molecule has 13 heteroatoms. The average Bonchev–Trinajstić information content (AvgIpc) is 3.41. The van der Waals surface area contributed by atoms with Crippen molar-refractivity contribution in [3.63, 3.8) is 0 Å². The number of hydrogen-bond acceptors (Lipinski definition) is 8. The number of nitrogens with two attached hydrogens (primary N) is 1. The zero-order chi connectivity index (χ0) is 26.1. The van der Waals surface area contributed by atoms with E-state index in [0.717, 1.165) is 12.8 Å². The molecule has 1 aromatic carbocycles. The lowest BCUT2D eigenvalue weighted by molar-refractivity contribution is -0.126. The number of aryl methyl sites for hydroxylation is 2. The molecule has 0 unspecified atom stereocenters. The van der Waals surface area contributed by atoms with Crippen molar-refractivity contribution in [2.75, 3.05) is 6.54 Å². The van der Waals surface area contributed by atoms with E-state index >= 15 is 0 Å². The first kappa shape index (κ1) is 26.6. The molecule has 3 rings (SSSR count). The van der Waals surface area contributed by atoms with Crippen molar-refractivity contribution in [2.24, 2.45) is 5.73 Å². The van der Waals surface area contributed by atoms with E-state index in [2.05, 4.69) is 48.3 Å². The van der Waals surface area contributed by atoms with Gasteiger partial charge in [0, 0.05) is 13.1 Å². The van der Waals surface area contributed by atoms with E-state index < -0.39 is 17.3 Å². The minimum atomic E-state index is -1.06. The first-order valence-electron chi connectivity index (χ1n) is 11.8. The molecule has 0 spiro atoms. The summed E-state index contributed by atoms with van der Waals surface area (Å²) in [5.41, 5.74) is 5.67. The average molecular weight is 500 g/mol. The minimum Gasteiger partial charge on any atom is -0.493 e. The van der Waals surface area contributed by atoms with Gasteiger partial charge < -0.3 is 26.5 Å². The molecule has 194 valence electrons. The molecule has 1 atom stereocenters. The molecular formula is C23H33N9O4. The summed E-state index contributed by atoms with van der Waals surface area (Å²) in [6.07, 6.45) is 2.62. The summed E-state index contributed by atoms with van der Waals surface area (Å²) in [6.45, 7) is 4.01. The highest BCUT2D eigenvalue weighted by Gasteiger charge is 2.28. The third-order valence-corrected chi connectivity index (χ3v) is 5.55. The Morgan fingerprint density at radius 1 is 1.19 bits per heavy atom. The van der Waals surface area contributed by atoms with E-state index in [1.165, 1.54) is 5.56 Å². The fraction of sp³-hybridized carbons (Fsp3) is 0.478. The van der Waals surface area contributed by atoms with Gasteiger partial charge in [-0.15, -0.1) is 5.10 Å². The molecule has 0 aliphatic rings. The summed E-state index contributed by atoms with van der Waals surface area (Å²) in [5.74, 6) is -0.495. The van der Waals surface area contributed by atoms with Crippen LogP contribution in [0.4, 0.5) is 0 Å². The monoisotopic (exact) mass is 499 g/mol. The Bertz CT molecular complexity index is 1190. The zero-order valence-electron chi connectivity index (χ0n) is 20.5. The third kappa shape index (κ3) is 7.77. The molecule has 2 aromatic heterocycles. The van der Waals surface area contributed by atoms with Crippen LogP contribution in [-0.4, -0.2) is 59.2 Å². The molecule has 7 N–H and O–H groups in total. The van der Waals surface area contributed by atoms with Gasteiger partial charge >= 0.3 is 5.69 Å². The zero-order valence-corrected chi connectivity index (χ0v) is 20.5. The maximum atomic E-state index is 12.6. The van der Waals surface area contributed by atoms with Gasteiger partial charge in [-0.2, -0.15) is 0 Å². The maximum Gasteiger partial charge on any atom is 0.325 e. The Balaban J connectivity index is 1.56. The van der Waals surface area contributed by atoms with Gasteiger partial charge in [0.2, 0.25) is 17.7 Å². The largest absolute Gasteiger partial charge is 0.493 e. The lowest BCUT2D eigenvalue weighted by Crippen LogP contribution is -2.50. The Morgan fingerprint density at radius 2 is 1.94 bits per heavy atom. The number of aromatic amines is 2. The van der Waals surface area contributed by atoms with Crippen molar-refractivity contribution in [3.8, 4) is 5.88 Å². The quantitative estimate of drug-likeness (QED) is 0.177. The lowest BCUT2D eigenvalue weighted by Gasteiger charge is -2.24. The highest BCUT2D eigenvalue weighted by atomic mass is 16.3. The number of aromatic nitrogens is 6. The van der Waals surface area contributed by atoms with Crippen molar-refractivity contribution >= 4 is 11.8 Å². The second-order valence-electron chi connectivity index (χ2n) is 9.17. The highest BCUT2D eigenvalue weighted by Crippen LogP contribution is 2.19. The van der Waals surface area contributed by atoms with Crippen molar-refractivity contribution in [2.45, 2.75) is 64.1 Å². The molecule has 0 bridgehead atoms. The Hall–Kier alpha value is -4.00. The van der Waals surface area contributed by atoms with Gasteiger partial charge in [0.25, 0.3) is 0 Å². The van der Waals surface area contributed by atoms with Crippen LogP contribution < -0.4 is 22.1 Å². The topological polar surface area (TPSA) is 197 Å². The van der Waals surface area contributed by atoms with Crippen molar-refractivity contribution in [1.29, 1.82) is 0 Å². The molecule has 2 amide bonds. The van der Waals surface area contributed by atoms with Crippen molar-refractivity contribution in [3.05, 3.63) is 57.9 Å². The van der Waals surface area contributed by atoms with Crippen LogP contribution in [0.2, 0.25) is 0 Å². The molecular weight excluding hydrogens is 466 g/mol. The SMILES string of the molecule is CC(C)(N)C(=O)N[C@H](CCCc1ccccc1)c1nnnn1CCCNC(=O)Cc1[nH]c(=O)[nH]c1O. The standard InChI is InChI=1S/C23H33N9O4/c1-23(2,24)21(35)26-16(11-6-10-15-8-4-3-5-9-15)19-29-30-31-32(19)13-7-12-25-18(33)14-17-20(34)28-22(36)27-17/h3-5,8-9,16,34H,6-7,10-14,24H2,1-2H3,(H,25,33)(H,26,35)(H2,27,28,36)/t16-/m1/s1. The molecule has 0 saturated carbocycles. The van der Waals surface area contributed by atoms with Crippen molar-refractivity contribution < 1.29 is 14.7 Å². The van der Waals surface area contributed by atoms with Gasteiger partial charge in [0.1, 0.15) is 0 Å². The van der Waals surface area contributed by atoms with Gasteiger partial charge in [-0.3, -0.25) is 14.6 Å². The van der Waals surface area contributed by atoms with E-state index in [9.17, 15) is 19.5 Å². The van der Waals surface area contributed by atoms with Gasteiger partial charge in [-0.25, -0.2) is 9.48 Å². The molecule has 0 aliphatic carbocycles. The third-order valence-electron chi connectivity index (χ3n) is 5.55. The van der Waals surface area contributed by atoms with E-state index in [1.807, 2.05) is 18.2 Å². The lowest BCUT2D eigenvalue weighted by atomic mass is 10.0. The highest BCUT2D eigenvalue weighted by molar-refractivity contribution is 5.85. The number of carbonyl (C=O) groups is 2. The fourth-order valence-electron chi connectivity index (χ4n) is 3.60. The summed E-state index contributed by atoms with van der Waals surface area (Å²) in [5, 5.41) is 27.3. The van der Waals surface area contributed by atoms with Crippen LogP contribution in [0.15, 0.2) is 35.1 Å². The molecule has 0 aliphatic heterocycles. The van der Waals surface area contributed by atoms with Crippen LogP contribution >= 0.6 is 0 Å². The van der Waals surface area contributed by atoms with E-state index in [-0.39, 0.29) is 29.8 Å². The number of amides is 2. The number of benzene rings is 1. The van der Waals surface area contributed by atoms with Crippen LogP contribution in [0.25, 0.3) is 0 Å². The summed E-state index contributed by atoms with van der Waals surface area (Å²) in [4.78, 5) is 40.4.